The fourth-order valence-corrected chi connectivity index (χ4v) is 1.81. The third-order valence-electron chi connectivity index (χ3n) is 2.71. The zero-order valence-electron chi connectivity index (χ0n) is 13.1. The van der Waals surface area contributed by atoms with Crippen LogP contribution in [0.3, 0.4) is 0 Å². The van der Waals surface area contributed by atoms with Crippen molar-refractivity contribution in [3.05, 3.63) is 42.6 Å². The predicted octanol–water partition coefficient (Wildman–Crippen LogP) is 3.90. The molecule has 22 heavy (non-hydrogen) atoms. The molecule has 5 nitrogen and oxygen atoms in total. The van der Waals surface area contributed by atoms with E-state index in [9.17, 15) is 4.79 Å². The number of hydrogen-bond donors (Lipinski definition) is 1. The van der Waals surface area contributed by atoms with Crippen molar-refractivity contribution in [2.75, 3.05) is 12.4 Å². The molecule has 0 aliphatic rings. The van der Waals surface area contributed by atoms with Gasteiger partial charge in [0.1, 0.15) is 17.2 Å². The summed E-state index contributed by atoms with van der Waals surface area (Å²) in [4.78, 5) is 15.9. The molecular weight excluding hydrogens is 280 g/mol. The minimum Gasteiger partial charge on any atom is -0.497 e. The first-order valence-electron chi connectivity index (χ1n) is 6.89. The molecule has 1 aromatic carbocycles. The second kappa shape index (κ2) is 6.47. The SMILES string of the molecule is COc1cc[c]c(-c2ccnc(NC(=O)OC(C)(C)C)c2)c1. The first-order valence-corrected chi connectivity index (χ1v) is 6.89. The summed E-state index contributed by atoms with van der Waals surface area (Å²) in [6, 6.07) is 12.2. The summed E-state index contributed by atoms with van der Waals surface area (Å²) < 4.78 is 10.4. The van der Waals surface area contributed by atoms with Crippen LogP contribution in [-0.4, -0.2) is 23.8 Å². The van der Waals surface area contributed by atoms with E-state index in [2.05, 4.69) is 16.4 Å². The predicted molar refractivity (Wildman–Crippen MR) is 84.9 cm³/mol. The number of aromatic nitrogens is 1. The first kappa shape index (κ1) is 15.8. The average molecular weight is 299 g/mol. The van der Waals surface area contributed by atoms with Crippen LogP contribution in [0.5, 0.6) is 5.75 Å². The number of anilines is 1. The molecule has 2 rings (SSSR count). The zero-order valence-corrected chi connectivity index (χ0v) is 13.1. The van der Waals surface area contributed by atoms with E-state index in [4.69, 9.17) is 9.47 Å². The summed E-state index contributed by atoms with van der Waals surface area (Å²) in [7, 11) is 1.61. The van der Waals surface area contributed by atoms with Gasteiger partial charge in [0.15, 0.2) is 0 Å². The third-order valence-corrected chi connectivity index (χ3v) is 2.71. The molecule has 2 aromatic rings. The molecule has 0 unspecified atom stereocenters. The smallest absolute Gasteiger partial charge is 0.413 e. The topological polar surface area (TPSA) is 60.5 Å². The fraction of sp³-hybridized carbons (Fsp3) is 0.294. The van der Waals surface area contributed by atoms with E-state index < -0.39 is 11.7 Å². The Hall–Kier alpha value is -2.56. The number of methoxy groups -OCH3 is 1. The van der Waals surface area contributed by atoms with Crippen LogP contribution in [0.1, 0.15) is 20.8 Å². The molecule has 0 aliphatic carbocycles. The highest BCUT2D eigenvalue weighted by Gasteiger charge is 2.16. The molecule has 1 amide bonds. The second-order valence-electron chi connectivity index (χ2n) is 5.70. The van der Waals surface area contributed by atoms with Crippen molar-refractivity contribution in [1.82, 2.24) is 4.98 Å². The number of nitrogens with one attached hydrogen (secondary N) is 1. The number of carbonyl (C=O) groups is 1. The number of benzene rings is 1. The molecule has 0 fully saturated rings. The Morgan fingerprint density at radius 2 is 2.05 bits per heavy atom. The quantitative estimate of drug-likeness (QED) is 0.933. The van der Waals surface area contributed by atoms with Crippen LogP contribution in [0.15, 0.2) is 36.5 Å². The minimum atomic E-state index is -0.553. The van der Waals surface area contributed by atoms with E-state index in [1.807, 2.05) is 39.0 Å². The lowest BCUT2D eigenvalue weighted by Gasteiger charge is -2.19. The standard InChI is InChI=1S/C17H19N2O3/c1-17(2,3)22-16(20)19-15-11-13(8-9-18-15)12-6-5-7-14(10-12)21-4/h5,7-11H,1-4H3,(H,18,19,20). The molecule has 5 heteroatoms. The maximum Gasteiger partial charge on any atom is 0.413 e. The molecule has 0 aliphatic heterocycles. The molecular formula is C17H19N2O3. The average Bonchev–Trinajstić information content (AvgIpc) is 2.45. The maximum atomic E-state index is 11.8. The number of amides is 1. The van der Waals surface area contributed by atoms with Gasteiger partial charge in [0.25, 0.3) is 0 Å². The molecule has 1 N–H and O–H groups in total. The van der Waals surface area contributed by atoms with Gasteiger partial charge in [-0.1, -0.05) is 6.07 Å². The summed E-state index contributed by atoms with van der Waals surface area (Å²) in [5.74, 6) is 1.16. The fourth-order valence-electron chi connectivity index (χ4n) is 1.81. The molecule has 1 heterocycles. The van der Waals surface area contributed by atoms with Gasteiger partial charge in [-0.3, -0.25) is 5.32 Å². The van der Waals surface area contributed by atoms with Crippen molar-refractivity contribution in [2.45, 2.75) is 26.4 Å². The van der Waals surface area contributed by atoms with Crippen LogP contribution in [-0.2, 0) is 4.74 Å². The number of pyridine rings is 1. The molecule has 0 spiro atoms. The highest BCUT2D eigenvalue weighted by atomic mass is 16.6. The summed E-state index contributed by atoms with van der Waals surface area (Å²) in [5.41, 5.74) is 1.18. The number of nitrogens with zero attached hydrogens (tertiary/aromatic N) is 1. The van der Waals surface area contributed by atoms with Gasteiger partial charge in [-0.05, 0) is 62.2 Å². The molecule has 0 bridgehead atoms. The minimum absolute atomic E-state index is 0.419. The Balaban J connectivity index is 2.18. The Bertz CT molecular complexity index is 663. The lowest BCUT2D eigenvalue weighted by Crippen LogP contribution is -2.27. The van der Waals surface area contributed by atoms with E-state index in [1.54, 1.807) is 25.4 Å². The van der Waals surface area contributed by atoms with E-state index >= 15 is 0 Å². The van der Waals surface area contributed by atoms with Crippen molar-refractivity contribution < 1.29 is 14.3 Å². The highest BCUT2D eigenvalue weighted by molar-refractivity contribution is 5.84. The van der Waals surface area contributed by atoms with Crippen molar-refractivity contribution in [2.24, 2.45) is 0 Å². The maximum absolute atomic E-state index is 11.8. The Morgan fingerprint density at radius 3 is 2.73 bits per heavy atom. The molecule has 0 atom stereocenters. The molecule has 1 aromatic heterocycles. The molecule has 1 radical (unpaired) electrons. The number of rotatable bonds is 3. The van der Waals surface area contributed by atoms with Crippen LogP contribution in [0.4, 0.5) is 10.6 Å². The van der Waals surface area contributed by atoms with E-state index in [0.29, 0.717) is 5.82 Å². The third kappa shape index (κ3) is 4.48. The Kier molecular flexibility index (Phi) is 4.65. The Labute approximate surface area is 130 Å². The monoisotopic (exact) mass is 299 g/mol. The van der Waals surface area contributed by atoms with Gasteiger partial charge in [-0.25, -0.2) is 9.78 Å². The van der Waals surface area contributed by atoms with Gasteiger partial charge in [0.2, 0.25) is 0 Å². The second-order valence-corrected chi connectivity index (χ2v) is 5.70. The Morgan fingerprint density at radius 1 is 1.27 bits per heavy atom. The van der Waals surface area contributed by atoms with Crippen LogP contribution in [0.2, 0.25) is 0 Å². The first-order chi connectivity index (χ1) is 10.4. The van der Waals surface area contributed by atoms with Crippen LogP contribution < -0.4 is 10.1 Å². The van der Waals surface area contributed by atoms with Gasteiger partial charge in [0, 0.05) is 6.20 Å². The van der Waals surface area contributed by atoms with Crippen LogP contribution >= 0.6 is 0 Å². The van der Waals surface area contributed by atoms with Crippen molar-refractivity contribution in [3.8, 4) is 16.9 Å². The summed E-state index contributed by atoms with van der Waals surface area (Å²) in [6.07, 6.45) is 1.08. The van der Waals surface area contributed by atoms with Gasteiger partial charge in [-0.2, -0.15) is 0 Å². The summed E-state index contributed by atoms with van der Waals surface area (Å²) in [5, 5.41) is 2.62. The zero-order chi connectivity index (χ0) is 16.2. The lowest BCUT2D eigenvalue weighted by molar-refractivity contribution is 0.0635. The van der Waals surface area contributed by atoms with Crippen molar-refractivity contribution in [3.63, 3.8) is 0 Å². The number of hydrogen-bond acceptors (Lipinski definition) is 4. The highest BCUT2D eigenvalue weighted by Crippen LogP contribution is 2.24. The molecule has 115 valence electrons. The summed E-state index contributed by atoms with van der Waals surface area (Å²) >= 11 is 0. The van der Waals surface area contributed by atoms with Crippen molar-refractivity contribution in [1.29, 1.82) is 0 Å². The van der Waals surface area contributed by atoms with E-state index in [-0.39, 0.29) is 0 Å². The van der Waals surface area contributed by atoms with Gasteiger partial charge in [-0.15, -0.1) is 0 Å². The summed E-state index contributed by atoms with van der Waals surface area (Å²) in [6.45, 7) is 5.42. The van der Waals surface area contributed by atoms with Gasteiger partial charge >= 0.3 is 6.09 Å². The largest absolute Gasteiger partial charge is 0.497 e. The van der Waals surface area contributed by atoms with Gasteiger partial charge < -0.3 is 9.47 Å². The van der Waals surface area contributed by atoms with Crippen LogP contribution in [0.25, 0.3) is 11.1 Å². The number of carbonyl (C=O) groups excluding carboxylic acids is 1. The molecule has 0 saturated heterocycles. The van der Waals surface area contributed by atoms with Crippen LogP contribution in [0, 0.1) is 6.07 Å². The van der Waals surface area contributed by atoms with Gasteiger partial charge in [0.05, 0.1) is 7.11 Å². The molecule has 0 saturated carbocycles. The van der Waals surface area contributed by atoms with Crippen molar-refractivity contribution >= 4 is 11.9 Å². The van der Waals surface area contributed by atoms with E-state index in [0.717, 1.165) is 16.9 Å². The lowest BCUT2D eigenvalue weighted by atomic mass is 10.1. The number of ether oxygens (including phenoxy) is 2. The normalized spacial score (nSPS) is 10.9. The van der Waals surface area contributed by atoms with E-state index in [1.165, 1.54) is 0 Å².